The van der Waals surface area contributed by atoms with E-state index < -0.39 is 5.60 Å². The molecule has 1 aromatic carbocycles. The maximum Gasteiger partial charge on any atom is 0.0946 e. The lowest BCUT2D eigenvalue weighted by Crippen LogP contribution is -2.53. The van der Waals surface area contributed by atoms with Crippen molar-refractivity contribution >= 4 is 17.4 Å². The number of hydrogen-bond donors (Lipinski definition) is 2. The van der Waals surface area contributed by atoms with Crippen LogP contribution in [-0.2, 0) is 6.42 Å². The van der Waals surface area contributed by atoms with E-state index in [0.717, 1.165) is 24.3 Å². The monoisotopic (exact) mass is 263 g/mol. The molecule has 0 saturated carbocycles. The van der Waals surface area contributed by atoms with Crippen molar-refractivity contribution in [3.05, 3.63) is 29.8 Å². The Morgan fingerprint density at radius 2 is 2.06 bits per heavy atom. The van der Waals surface area contributed by atoms with Crippen molar-refractivity contribution in [1.29, 1.82) is 0 Å². The quantitative estimate of drug-likeness (QED) is 0.817. The van der Waals surface area contributed by atoms with Crippen LogP contribution in [0, 0.1) is 5.41 Å². The second-order valence-corrected chi connectivity index (χ2v) is 7.48. The molecule has 2 N–H and O–H groups in total. The summed E-state index contributed by atoms with van der Waals surface area (Å²) in [6, 6.07) is 8.57. The minimum atomic E-state index is -0.578. The standard InChI is InChI=1S/C15H21NOS/c1-14(2)8-15(17,10-18-9-14)13-7-11-5-3-4-6-12(11)16-13/h3-6,13,16-17H,7-10H2,1-2H3. The van der Waals surface area contributed by atoms with E-state index >= 15 is 0 Å². The summed E-state index contributed by atoms with van der Waals surface area (Å²) in [6.45, 7) is 4.51. The normalized spacial score (nSPS) is 33.8. The van der Waals surface area contributed by atoms with Crippen LogP contribution in [0.5, 0.6) is 0 Å². The largest absolute Gasteiger partial charge is 0.387 e. The number of para-hydroxylation sites is 1. The fourth-order valence-electron chi connectivity index (χ4n) is 3.28. The lowest BCUT2D eigenvalue weighted by Gasteiger charge is -2.44. The molecule has 3 heteroatoms. The first-order valence-corrected chi connectivity index (χ1v) is 7.79. The molecule has 98 valence electrons. The van der Waals surface area contributed by atoms with Crippen molar-refractivity contribution in [2.45, 2.75) is 38.3 Å². The van der Waals surface area contributed by atoms with Gasteiger partial charge in [-0.3, -0.25) is 0 Å². The van der Waals surface area contributed by atoms with Gasteiger partial charge in [0.1, 0.15) is 0 Å². The summed E-state index contributed by atoms with van der Waals surface area (Å²) in [7, 11) is 0. The van der Waals surface area contributed by atoms with Crippen LogP contribution >= 0.6 is 11.8 Å². The third kappa shape index (κ3) is 2.14. The van der Waals surface area contributed by atoms with Gasteiger partial charge in [0.15, 0.2) is 0 Å². The molecule has 2 aliphatic heterocycles. The Morgan fingerprint density at radius 3 is 2.78 bits per heavy atom. The number of thioether (sulfide) groups is 1. The molecular formula is C15H21NOS. The number of anilines is 1. The Morgan fingerprint density at radius 1 is 1.28 bits per heavy atom. The third-order valence-electron chi connectivity index (χ3n) is 4.05. The summed E-state index contributed by atoms with van der Waals surface area (Å²) in [4.78, 5) is 0. The molecule has 1 aromatic rings. The first kappa shape index (κ1) is 12.4. The third-order valence-corrected chi connectivity index (χ3v) is 5.74. The zero-order chi connectivity index (χ0) is 12.8. The van der Waals surface area contributed by atoms with E-state index in [1.54, 1.807) is 0 Å². The summed E-state index contributed by atoms with van der Waals surface area (Å²) < 4.78 is 0. The Balaban J connectivity index is 1.81. The number of rotatable bonds is 1. The Bertz CT molecular complexity index is 435. The van der Waals surface area contributed by atoms with Gasteiger partial charge in [-0.05, 0) is 35.6 Å². The second kappa shape index (κ2) is 4.17. The predicted molar refractivity (Wildman–Crippen MR) is 78.2 cm³/mol. The molecule has 3 rings (SSSR count). The fraction of sp³-hybridized carbons (Fsp3) is 0.600. The van der Waals surface area contributed by atoms with Crippen molar-refractivity contribution < 1.29 is 5.11 Å². The molecule has 1 fully saturated rings. The number of hydrogen-bond acceptors (Lipinski definition) is 3. The highest BCUT2D eigenvalue weighted by atomic mass is 32.2. The van der Waals surface area contributed by atoms with Gasteiger partial charge in [-0.15, -0.1) is 0 Å². The van der Waals surface area contributed by atoms with Crippen molar-refractivity contribution in [1.82, 2.24) is 0 Å². The van der Waals surface area contributed by atoms with Gasteiger partial charge in [0.05, 0.1) is 11.6 Å². The van der Waals surface area contributed by atoms with E-state index in [9.17, 15) is 5.11 Å². The molecule has 1 saturated heterocycles. The first-order valence-electron chi connectivity index (χ1n) is 6.63. The average molecular weight is 263 g/mol. The second-order valence-electron chi connectivity index (χ2n) is 6.50. The van der Waals surface area contributed by atoms with Crippen molar-refractivity contribution in [2.75, 3.05) is 16.8 Å². The fourth-order valence-corrected chi connectivity index (χ4v) is 4.69. The van der Waals surface area contributed by atoms with Crippen LogP contribution in [0.1, 0.15) is 25.8 Å². The Kier molecular flexibility index (Phi) is 2.87. The maximum absolute atomic E-state index is 11.0. The number of aliphatic hydroxyl groups is 1. The summed E-state index contributed by atoms with van der Waals surface area (Å²) in [5.74, 6) is 2.00. The first-order chi connectivity index (χ1) is 8.49. The minimum Gasteiger partial charge on any atom is -0.387 e. The van der Waals surface area contributed by atoms with Gasteiger partial charge in [0, 0.05) is 11.4 Å². The topological polar surface area (TPSA) is 32.3 Å². The van der Waals surface area contributed by atoms with Crippen LogP contribution in [0.25, 0.3) is 0 Å². The summed E-state index contributed by atoms with van der Waals surface area (Å²) in [5, 5.41) is 14.5. The zero-order valence-electron chi connectivity index (χ0n) is 11.1. The Hall–Kier alpha value is -0.670. The lowest BCUT2D eigenvalue weighted by molar-refractivity contribution is 0.00413. The van der Waals surface area contributed by atoms with Crippen molar-refractivity contribution in [3.8, 4) is 0 Å². The molecule has 0 bridgehead atoms. The van der Waals surface area contributed by atoms with Crippen LogP contribution in [0.15, 0.2) is 24.3 Å². The molecule has 0 radical (unpaired) electrons. The maximum atomic E-state index is 11.0. The summed E-state index contributed by atoms with van der Waals surface area (Å²) in [6.07, 6.45) is 1.84. The smallest absolute Gasteiger partial charge is 0.0946 e. The van der Waals surface area contributed by atoms with Crippen LogP contribution in [0.2, 0.25) is 0 Å². The molecule has 0 aliphatic carbocycles. The number of fused-ring (bicyclic) bond motifs is 1. The van der Waals surface area contributed by atoms with Gasteiger partial charge in [-0.25, -0.2) is 0 Å². The average Bonchev–Trinajstić information content (AvgIpc) is 2.71. The molecule has 2 heterocycles. The predicted octanol–water partition coefficient (Wildman–Crippen LogP) is 2.92. The van der Waals surface area contributed by atoms with E-state index in [2.05, 4.69) is 43.4 Å². The van der Waals surface area contributed by atoms with Gasteiger partial charge in [-0.2, -0.15) is 11.8 Å². The Labute approximate surface area is 113 Å². The molecule has 2 nitrogen and oxygen atoms in total. The number of benzene rings is 1. The van der Waals surface area contributed by atoms with Gasteiger partial charge in [0.25, 0.3) is 0 Å². The van der Waals surface area contributed by atoms with E-state index in [1.165, 1.54) is 11.3 Å². The lowest BCUT2D eigenvalue weighted by atomic mass is 9.77. The molecule has 2 unspecified atom stereocenters. The summed E-state index contributed by atoms with van der Waals surface area (Å²) >= 11 is 1.88. The summed E-state index contributed by atoms with van der Waals surface area (Å²) in [5.41, 5.74) is 2.19. The van der Waals surface area contributed by atoms with E-state index in [4.69, 9.17) is 0 Å². The number of nitrogens with one attached hydrogen (secondary N) is 1. The highest BCUT2D eigenvalue weighted by molar-refractivity contribution is 7.99. The van der Waals surface area contributed by atoms with Crippen LogP contribution in [0.4, 0.5) is 5.69 Å². The molecule has 2 atom stereocenters. The van der Waals surface area contributed by atoms with Gasteiger partial charge in [-0.1, -0.05) is 32.0 Å². The van der Waals surface area contributed by atoms with E-state index in [-0.39, 0.29) is 11.5 Å². The van der Waals surface area contributed by atoms with Gasteiger partial charge in [0.2, 0.25) is 0 Å². The van der Waals surface area contributed by atoms with E-state index in [1.807, 2.05) is 11.8 Å². The van der Waals surface area contributed by atoms with Gasteiger partial charge >= 0.3 is 0 Å². The highest BCUT2D eigenvalue weighted by Crippen LogP contribution is 2.43. The minimum absolute atomic E-state index is 0.168. The molecule has 2 aliphatic rings. The van der Waals surface area contributed by atoms with Crippen LogP contribution < -0.4 is 5.32 Å². The molecule has 0 spiro atoms. The van der Waals surface area contributed by atoms with Crippen LogP contribution in [0.3, 0.4) is 0 Å². The molecule has 0 aromatic heterocycles. The zero-order valence-corrected chi connectivity index (χ0v) is 11.9. The van der Waals surface area contributed by atoms with Crippen molar-refractivity contribution in [2.24, 2.45) is 5.41 Å². The van der Waals surface area contributed by atoms with E-state index in [0.29, 0.717) is 0 Å². The van der Waals surface area contributed by atoms with Gasteiger partial charge < -0.3 is 10.4 Å². The molecule has 0 amide bonds. The highest BCUT2D eigenvalue weighted by Gasteiger charge is 2.46. The SMILES string of the molecule is CC1(C)CSCC(O)(C2Cc3ccccc3N2)C1. The molecular weight excluding hydrogens is 242 g/mol. The van der Waals surface area contributed by atoms with Crippen molar-refractivity contribution in [3.63, 3.8) is 0 Å². The molecule has 18 heavy (non-hydrogen) atoms. The van der Waals surface area contributed by atoms with Crippen LogP contribution in [-0.4, -0.2) is 28.3 Å².